The third-order valence-corrected chi connectivity index (χ3v) is 5.64. The van der Waals surface area contributed by atoms with Crippen molar-refractivity contribution in [1.29, 1.82) is 0 Å². The van der Waals surface area contributed by atoms with Gasteiger partial charge in [0, 0.05) is 0 Å². The minimum absolute atomic E-state index is 0. The molecule has 0 fully saturated rings. The van der Waals surface area contributed by atoms with Crippen molar-refractivity contribution in [3.8, 4) is 0 Å². The molecular weight excluding hydrogens is 649 g/mol. The van der Waals surface area contributed by atoms with E-state index in [4.69, 9.17) is 0 Å². The van der Waals surface area contributed by atoms with Crippen molar-refractivity contribution < 1.29 is 59.0 Å². The predicted molar refractivity (Wildman–Crippen MR) is 103 cm³/mol. The minimum Gasteiger partial charge on any atom is -0.744 e. The van der Waals surface area contributed by atoms with Gasteiger partial charge in [0.2, 0.25) is 0 Å². The van der Waals surface area contributed by atoms with Crippen molar-refractivity contribution in [2.45, 2.75) is 14.7 Å². The van der Waals surface area contributed by atoms with Gasteiger partial charge in [-0.05, 0) is 36.4 Å². The molecule has 0 unspecified atom stereocenters. The molecule has 3 aromatic carbocycles. The molecular formula is C18H15IrO9S3. The standard InChI is InChI=1S/3C6H6O3S.Ir/c3*7-10(8,9)6-4-2-1-3-5-6;/h3*1-5H,(H,7,8,9);/q;;;+3/p-3. The number of benzene rings is 3. The Labute approximate surface area is 194 Å². The summed E-state index contributed by atoms with van der Waals surface area (Å²) in [6, 6.07) is 21.6. The first kappa shape index (κ1) is 29.0. The molecule has 168 valence electrons. The van der Waals surface area contributed by atoms with Crippen LogP contribution in [0.25, 0.3) is 0 Å². The summed E-state index contributed by atoms with van der Waals surface area (Å²) in [5.41, 5.74) is 0. The van der Waals surface area contributed by atoms with Crippen LogP contribution in [0.15, 0.2) is 106 Å². The Bertz CT molecular complexity index is 1070. The molecule has 0 N–H and O–H groups in total. The van der Waals surface area contributed by atoms with Crippen LogP contribution in [0.5, 0.6) is 0 Å². The van der Waals surface area contributed by atoms with Crippen molar-refractivity contribution >= 4 is 30.4 Å². The van der Waals surface area contributed by atoms with Gasteiger partial charge in [0.25, 0.3) is 0 Å². The molecule has 0 amide bonds. The summed E-state index contributed by atoms with van der Waals surface area (Å²) in [5.74, 6) is 0. The third kappa shape index (κ3) is 11.9. The van der Waals surface area contributed by atoms with Crippen molar-refractivity contribution in [3.05, 3.63) is 91.0 Å². The number of rotatable bonds is 3. The molecule has 0 aliphatic carbocycles. The summed E-state index contributed by atoms with van der Waals surface area (Å²) < 4.78 is 92.5. The minimum atomic E-state index is -4.25. The summed E-state index contributed by atoms with van der Waals surface area (Å²) >= 11 is 0. The van der Waals surface area contributed by atoms with Gasteiger partial charge in [-0.3, -0.25) is 0 Å². The molecule has 0 atom stereocenters. The first-order chi connectivity index (χ1) is 13.8. The summed E-state index contributed by atoms with van der Waals surface area (Å²) in [6.07, 6.45) is 0. The molecule has 13 heteroatoms. The molecule has 0 spiro atoms. The van der Waals surface area contributed by atoms with E-state index >= 15 is 0 Å². The van der Waals surface area contributed by atoms with Crippen LogP contribution in [0.2, 0.25) is 0 Å². The molecule has 0 aliphatic rings. The van der Waals surface area contributed by atoms with Crippen LogP contribution in [-0.4, -0.2) is 38.9 Å². The molecule has 0 bridgehead atoms. The fourth-order valence-corrected chi connectivity index (χ4v) is 3.23. The van der Waals surface area contributed by atoms with Gasteiger partial charge in [-0.25, -0.2) is 25.3 Å². The van der Waals surface area contributed by atoms with Crippen molar-refractivity contribution in [2.75, 3.05) is 0 Å². The first-order valence-corrected chi connectivity index (χ1v) is 12.1. The normalized spacial score (nSPS) is 10.9. The van der Waals surface area contributed by atoms with Crippen LogP contribution < -0.4 is 0 Å². The van der Waals surface area contributed by atoms with Gasteiger partial charge in [-0.15, -0.1) is 0 Å². The SMILES string of the molecule is O=S(=O)([O-])c1ccccc1.O=S(=O)([O-])c1ccccc1.O=S(=O)([O-])c1ccccc1.[Ir+3]. The maximum atomic E-state index is 10.3. The Morgan fingerprint density at radius 2 is 0.548 bits per heavy atom. The van der Waals surface area contributed by atoms with Gasteiger partial charge in [-0.1, -0.05) is 54.6 Å². The molecule has 3 rings (SSSR count). The summed E-state index contributed by atoms with van der Waals surface area (Å²) in [4.78, 5) is -0.556. The molecule has 0 heterocycles. The van der Waals surface area contributed by atoms with Gasteiger partial charge >= 0.3 is 20.1 Å². The maximum Gasteiger partial charge on any atom is 3.00 e. The van der Waals surface area contributed by atoms with E-state index in [0.29, 0.717) is 0 Å². The van der Waals surface area contributed by atoms with Crippen molar-refractivity contribution in [1.82, 2.24) is 0 Å². The van der Waals surface area contributed by atoms with E-state index in [9.17, 15) is 38.9 Å². The summed E-state index contributed by atoms with van der Waals surface area (Å²) in [7, 11) is -12.8. The third-order valence-electron chi connectivity index (χ3n) is 3.10. The maximum absolute atomic E-state index is 10.3. The second kappa shape index (κ2) is 12.8. The predicted octanol–water partition coefficient (Wildman–Crippen LogP) is 1.77. The first-order valence-electron chi connectivity index (χ1n) is 7.84. The van der Waals surface area contributed by atoms with E-state index in [1.807, 2.05) is 0 Å². The number of hydrogen-bond acceptors (Lipinski definition) is 9. The molecule has 9 nitrogen and oxygen atoms in total. The van der Waals surface area contributed by atoms with E-state index in [2.05, 4.69) is 0 Å². The van der Waals surface area contributed by atoms with Crippen LogP contribution in [0.1, 0.15) is 0 Å². The number of hydrogen-bond donors (Lipinski definition) is 0. The van der Waals surface area contributed by atoms with E-state index < -0.39 is 30.4 Å². The second-order valence-corrected chi connectivity index (χ2v) is 9.44. The van der Waals surface area contributed by atoms with Crippen LogP contribution in [0.4, 0.5) is 0 Å². The monoisotopic (exact) mass is 664 g/mol. The fraction of sp³-hybridized carbons (Fsp3) is 0. The molecule has 31 heavy (non-hydrogen) atoms. The Morgan fingerprint density at radius 1 is 0.387 bits per heavy atom. The second-order valence-electron chi connectivity index (χ2n) is 5.30. The van der Waals surface area contributed by atoms with Crippen LogP contribution in [0, 0.1) is 0 Å². The molecule has 0 aliphatic heterocycles. The molecule has 0 radical (unpaired) electrons. The Balaban J connectivity index is 0.000000429. The molecule has 3 aromatic rings. The average Bonchev–Trinajstić information content (AvgIpc) is 2.69. The topological polar surface area (TPSA) is 172 Å². The van der Waals surface area contributed by atoms with E-state index in [1.54, 1.807) is 18.2 Å². The molecule has 0 saturated heterocycles. The zero-order chi connectivity index (χ0) is 22.8. The Morgan fingerprint density at radius 3 is 0.645 bits per heavy atom. The van der Waals surface area contributed by atoms with Gasteiger partial charge in [-0.2, -0.15) is 0 Å². The Hall–Kier alpha value is -1.96. The molecule has 0 aromatic heterocycles. The smallest absolute Gasteiger partial charge is 0.744 e. The van der Waals surface area contributed by atoms with Crippen LogP contribution in [0.3, 0.4) is 0 Å². The van der Waals surface area contributed by atoms with E-state index in [0.717, 1.165) is 0 Å². The van der Waals surface area contributed by atoms with Gasteiger partial charge in [0.05, 0.1) is 14.7 Å². The summed E-state index contributed by atoms with van der Waals surface area (Å²) in [5, 5.41) is 0. The fourth-order valence-electron chi connectivity index (χ4n) is 1.76. The Kier molecular flexibility index (Phi) is 12.0. The van der Waals surface area contributed by atoms with Crippen LogP contribution >= 0.6 is 0 Å². The zero-order valence-electron chi connectivity index (χ0n) is 15.4. The van der Waals surface area contributed by atoms with Crippen LogP contribution in [-0.2, 0) is 50.5 Å². The van der Waals surface area contributed by atoms with E-state index in [1.165, 1.54) is 72.8 Å². The van der Waals surface area contributed by atoms with Gasteiger partial charge in [0.15, 0.2) is 0 Å². The van der Waals surface area contributed by atoms with Gasteiger partial charge in [0.1, 0.15) is 30.4 Å². The quantitative estimate of drug-likeness (QED) is 0.379. The van der Waals surface area contributed by atoms with E-state index in [-0.39, 0.29) is 34.8 Å². The molecule has 0 saturated carbocycles. The summed E-state index contributed by atoms with van der Waals surface area (Å²) in [6.45, 7) is 0. The zero-order valence-corrected chi connectivity index (χ0v) is 20.2. The van der Waals surface area contributed by atoms with Crippen molar-refractivity contribution in [3.63, 3.8) is 0 Å². The largest absolute Gasteiger partial charge is 3.00 e. The average molecular weight is 664 g/mol. The van der Waals surface area contributed by atoms with Gasteiger partial charge < -0.3 is 13.7 Å². The van der Waals surface area contributed by atoms with Crippen molar-refractivity contribution in [2.24, 2.45) is 0 Å².